The van der Waals surface area contributed by atoms with Gasteiger partial charge in [-0.2, -0.15) is 0 Å². The maximum atomic E-state index is 12.4. The summed E-state index contributed by atoms with van der Waals surface area (Å²) in [7, 11) is 0. The van der Waals surface area contributed by atoms with Crippen molar-refractivity contribution in [3.8, 4) is 0 Å². The molecule has 0 aromatic heterocycles. The number of Topliss-reactive ketones (excluding diaryl/α,β-unsaturated/α-hetero) is 1. The van der Waals surface area contributed by atoms with E-state index in [-0.39, 0.29) is 5.78 Å². The van der Waals surface area contributed by atoms with E-state index >= 15 is 0 Å². The van der Waals surface area contributed by atoms with Gasteiger partial charge in [-0.15, -0.1) is 0 Å². The minimum Gasteiger partial charge on any atom is -0.289 e. The Morgan fingerprint density at radius 1 is 0.947 bits per heavy atom. The first-order chi connectivity index (χ1) is 9.34. The van der Waals surface area contributed by atoms with Crippen molar-refractivity contribution in [1.82, 2.24) is 0 Å². The predicted octanol–water partition coefficient (Wildman–Crippen LogP) is 5.03. The van der Waals surface area contributed by atoms with Gasteiger partial charge in [-0.1, -0.05) is 43.2 Å². The fraction of sp³-hybridized carbons (Fsp3) is 0.500. The molecule has 1 heteroatoms. The second-order valence-electron chi connectivity index (χ2n) is 5.91. The summed E-state index contributed by atoms with van der Waals surface area (Å²) in [6.45, 7) is 0. The highest BCUT2D eigenvalue weighted by atomic mass is 16.1. The molecule has 0 radical (unpaired) electrons. The van der Waals surface area contributed by atoms with Gasteiger partial charge in [-0.05, 0) is 55.6 Å². The third kappa shape index (κ3) is 2.80. The van der Waals surface area contributed by atoms with Crippen LogP contribution in [-0.4, -0.2) is 5.78 Å². The van der Waals surface area contributed by atoms with Gasteiger partial charge in [-0.3, -0.25) is 4.79 Å². The lowest BCUT2D eigenvalue weighted by atomic mass is 9.80. The smallest absolute Gasteiger partial charge is 0.188 e. The largest absolute Gasteiger partial charge is 0.289 e. The van der Waals surface area contributed by atoms with E-state index in [9.17, 15) is 4.79 Å². The van der Waals surface area contributed by atoms with Gasteiger partial charge in [-0.25, -0.2) is 0 Å². The van der Waals surface area contributed by atoms with Crippen LogP contribution in [0.25, 0.3) is 0 Å². The Kier molecular flexibility index (Phi) is 3.82. The second kappa shape index (κ2) is 5.73. The summed E-state index contributed by atoms with van der Waals surface area (Å²) >= 11 is 0. The molecular formula is C18H22O. The molecule has 0 bridgehead atoms. The first kappa shape index (κ1) is 12.7. The number of hydrogen-bond donors (Lipinski definition) is 0. The van der Waals surface area contributed by atoms with E-state index in [1.807, 2.05) is 12.1 Å². The third-order valence-corrected chi connectivity index (χ3v) is 4.58. The first-order valence-electron chi connectivity index (χ1n) is 7.68. The SMILES string of the molecule is O=C(C1=CCCCCC1)c1ccc(C2CCC2)cc1. The zero-order valence-electron chi connectivity index (χ0n) is 11.5. The van der Waals surface area contributed by atoms with Crippen LogP contribution in [0.15, 0.2) is 35.9 Å². The molecule has 1 fully saturated rings. The van der Waals surface area contributed by atoms with E-state index in [0.29, 0.717) is 0 Å². The van der Waals surface area contributed by atoms with Crippen LogP contribution in [0.2, 0.25) is 0 Å². The zero-order valence-corrected chi connectivity index (χ0v) is 11.5. The number of carbonyl (C=O) groups excluding carboxylic acids is 1. The molecule has 0 atom stereocenters. The molecule has 100 valence electrons. The molecule has 1 aromatic carbocycles. The van der Waals surface area contributed by atoms with E-state index in [4.69, 9.17) is 0 Å². The molecule has 0 heterocycles. The molecule has 19 heavy (non-hydrogen) atoms. The van der Waals surface area contributed by atoms with Gasteiger partial charge in [0.15, 0.2) is 5.78 Å². The van der Waals surface area contributed by atoms with Gasteiger partial charge in [0, 0.05) is 5.56 Å². The highest BCUT2D eigenvalue weighted by Crippen LogP contribution is 2.36. The minimum absolute atomic E-state index is 0.252. The molecule has 1 aromatic rings. The van der Waals surface area contributed by atoms with Crippen molar-refractivity contribution < 1.29 is 4.79 Å². The quantitative estimate of drug-likeness (QED) is 0.692. The number of rotatable bonds is 3. The first-order valence-corrected chi connectivity index (χ1v) is 7.68. The van der Waals surface area contributed by atoms with Crippen LogP contribution >= 0.6 is 0 Å². The molecule has 2 aliphatic carbocycles. The number of carbonyl (C=O) groups is 1. The Hall–Kier alpha value is -1.37. The summed E-state index contributed by atoms with van der Waals surface area (Å²) in [5.74, 6) is 1.00. The molecule has 0 aliphatic heterocycles. The molecule has 0 amide bonds. The van der Waals surface area contributed by atoms with Gasteiger partial charge in [0.2, 0.25) is 0 Å². The number of hydrogen-bond acceptors (Lipinski definition) is 1. The molecule has 2 aliphatic rings. The average molecular weight is 254 g/mol. The van der Waals surface area contributed by atoms with E-state index in [1.165, 1.54) is 37.7 Å². The van der Waals surface area contributed by atoms with E-state index in [0.717, 1.165) is 36.3 Å². The van der Waals surface area contributed by atoms with Crippen LogP contribution in [0.4, 0.5) is 0 Å². The maximum Gasteiger partial charge on any atom is 0.188 e. The fourth-order valence-corrected chi connectivity index (χ4v) is 3.05. The maximum absolute atomic E-state index is 12.4. The standard InChI is InChI=1S/C18H22O/c19-18(16-6-3-1-2-4-7-16)17-12-10-15(11-13-17)14-8-5-9-14/h6,10-14H,1-5,7-9H2. The van der Waals surface area contributed by atoms with Crippen molar-refractivity contribution >= 4 is 5.78 Å². The highest BCUT2D eigenvalue weighted by Gasteiger charge is 2.20. The summed E-state index contributed by atoms with van der Waals surface area (Å²) in [6, 6.07) is 8.38. The molecule has 0 N–H and O–H groups in total. The summed E-state index contributed by atoms with van der Waals surface area (Å²) < 4.78 is 0. The van der Waals surface area contributed by atoms with Gasteiger partial charge in [0.25, 0.3) is 0 Å². The lowest BCUT2D eigenvalue weighted by Crippen LogP contribution is -2.09. The Bertz CT molecular complexity index is 477. The van der Waals surface area contributed by atoms with Crippen LogP contribution in [0.5, 0.6) is 0 Å². The molecule has 3 rings (SSSR count). The van der Waals surface area contributed by atoms with Gasteiger partial charge in [0.05, 0.1) is 0 Å². The van der Waals surface area contributed by atoms with Crippen LogP contribution in [0.3, 0.4) is 0 Å². The van der Waals surface area contributed by atoms with Crippen LogP contribution in [-0.2, 0) is 0 Å². The van der Waals surface area contributed by atoms with Crippen LogP contribution < -0.4 is 0 Å². The van der Waals surface area contributed by atoms with Crippen LogP contribution in [0, 0.1) is 0 Å². The Morgan fingerprint density at radius 2 is 1.74 bits per heavy atom. The number of ketones is 1. The summed E-state index contributed by atoms with van der Waals surface area (Å²) in [4.78, 5) is 12.4. The topological polar surface area (TPSA) is 17.1 Å². The Labute approximate surface area is 115 Å². The zero-order chi connectivity index (χ0) is 13.1. The second-order valence-corrected chi connectivity index (χ2v) is 5.91. The minimum atomic E-state index is 0.252. The highest BCUT2D eigenvalue weighted by molar-refractivity contribution is 6.08. The molecule has 0 unspecified atom stereocenters. The number of benzene rings is 1. The van der Waals surface area contributed by atoms with Crippen molar-refractivity contribution in [2.24, 2.45) is 0 Å². The monoisotopic (exact) mass is 254 g/mol. The number of allylic oxidation sites excluding steroid dienone is 2. The van der Waals surface area contributed by atoms with Crippen molar-refractivity contribution in [3.05, 3.63) is 47.0 Å². The Morgan fingerprint density at radius 3 is 2.42 bits per heavy atom. The normalized spacial score (nSPS) is 20.3. The van der Waals surface area contributed by atoms with Crippen molar-refractivity contribution in [1.29, 1.82) is 0 Å². The molecule has 0 saturated heterocycles. The van der Waals surface area contributed by atoms with E-state index in [2.05, 4.69) is 18.2 Å². The average Bonchev–Trinajstić information content (AvgIpc) is 2.65. The van der Waals surface area contributed by atoms with Gasteiger partial charge >= 0.3 is 0 Å². The lowest BCUT2D eigenvalue weighted by Gasteiger charge is -2.25. The fourth-order valence-electron chi connectivity index (χ4n) is 3.05. The van der Waals surface area contributed by atoms with Gasteiger partial charge < -0.3 is 0 Å². The summed E-state index contributed by atoms with van der Waals surface area (Å²) in [6.07, 6.45) is 11.8. The third-order valence-electron chi connectivity index (χ3n) is 4.58. The molecular weight excluding hydrogens is 232 g/mol. The predicted molar refractivity (Wildman–Crippen MR) is 78.5 cm³/mol. The van der Waals surface area contributed by atoms with E-state index < -0.39 is 0 Å². The van der Waals surface area contributed by atoms with Crippen molar-refractivity contribution in [2.75, 3.05) is 0 Å². The summed E-state index contributed by atoms with van der Waals surface area (Å²) in [5.41, 5.74) is 3.32. The van der Waals surface area contributed by atoms with Gasteiger partial charge in [0.1, 0.15) is 0 Å². The van der Waals surface area contributed by atoms with E-state index in [1.54, 1.807) is 0 Å². The molecule has 0 spiro atoms. The lowest BCUT2D eigenvalue weighted by molar-refractivity contribution is 0.103. The Balaban J connectivity index is 1.73. The van der Waals surface area contributed by atoms with Crippen molar-refractivity contribution in [2.45, 2.75) is 57.3 Å². The van der Waals surface area contributed by atoms with Crippen molar-refractivity contribution in [3.63, 3.8) is 0 Å². The van der Waals surface area contributed by atoms with Crippen LogP contribution in [0.1, 0.15) is 73.2 Å². The molecule has 1 saturated carbocycles. The molecule has 1 nitrogen and oxygen atoms in total. The summed E-state index contributed by atoms with van der Waals surface area (Å²) in [5, 5.41) is 0.